The molecule has 1 aliphatic heterocycles. The highest BCUT2D eigenvalue weighted by Crippen LogP contribution is 2.38. The van der Waals surface area contributed by atoms with Gasteiger partial charge in [0.25, 0.3) is 0 Å². The number of sulfonamides is 1. The van der Waals surface area contributed by atoms with Crippen molar-refractivity contribution in [2.45, 2.75) is 25.2 Å². The van der Waals surface area contributed by atoms with Crippen molar-refractivity contribution in [1.82, 2.24) is 18.8 Å². The van der Waals surface area contributed by atoms with Gasteiger partial charge < -0.3 is 10.0 Å². The molecule has 1 aliphatic rings. The standard InChI is InChI=1S/C23H27N5O3S/c1-17(2)9-10-26-11-13-27(14-12-26)32(30,31)18-7-8-20(25-15-18)22-19-5-3-4-6-21(19)28(16-24)23(22)29/h3-8,15,17,29H,9-14H2,1-2H3. The molecule has 0 bridgehead atoms. The highest BCUT2D eigenvalue weighted by Gasteiger charge is 2.29. The van der Waals surface area contributed by atoms with Crippen molar-refractivity contribution >= 4 is 20.9 Å². The minimum Gasteiger partial charge on any atom is -0.493 e. The van der Waals surface area contributed by atoms with Gasteiger partial charge in [0.05, 0.1) is 16.8 Å². The van der Waals surface area contributed by atoms with Crippen molar-refractivity contribution in [2.75, 3.05) is 32.7 Å². The second-order valence-electron chi connectivity index (χ2n) is 8.46. The summed E-state index contributed by atoms with van der Waals surface area (Å²) in [6.07, 6.45) is 4.39. The molecule has 1 N–H and O–H groups in total. The average molecular weight is 454 g/mol. The third kappa shape index (κ3) is 4.09. The van der Waals surface area contributed by atoms with E-state index in [1.807, 2.05) is 12.3 Å². The molecule has 3 aromatic rings. The van der Waals surface area contributed by atoms with Gasteiger partial charge in [0.2, 0.25) is 15.9 Å². The third-order valence-corrected chi connectivity index (χ3v) is 7.82. The minimum atomic E-state index is -3.64. The minimum absolute atomic E-state index is 0.125. The Bertz CT molecular complexity index is 1250. The predicted octanol–water partition coefficient (Wildman–Crippen LogP) is 3.09. The fourth-order valence-electron chi connectivity index (χ4n) is 4.04. The molecule has 9 heteroatoms. The van der Waals surface area contributed by atoms with Crippen molar-refractivity contribution < 1.29 is 13.5 Å². The van der Waals surface area contributed by atoms with Gasteiger partial charge in [-0.25, -0.2) is 13.0 Å². The largest absolute Gasteiger partial charge is 0.493 e. The zero-order chi connectivity index (χ0) is 22.9. The van der Waals surface area contributed by atoms with E-state index in [9.17, 15) is 18.8 Å². The van der Waals surface area contributed by atoms with Crippen LogP contribution >= 0.6 is 0 Å². The average Bonchev–Trinajstić information content (AvgIpc) is 3.09. The van der Waals surface area contributed by atoms with E-state index < -0.39 is 10.0 Å². The van der Waals surface area contributed by atoms with E-state index in [1.54, 1.807) is 24.3 Å². The summed E-state index contributed by atoms with van der Waals surface area (Å²) in [7, 11) is -3.64. The summed E-state index contributed by atoms with van der Waals surface area (Å²) in [6.45, 7) is 7.72. The smallest absolute Gasteiger partial charge is 0.244 e. The van der Waals surface area contributed by atoms with Crippen LogP contribution in [-0.2, 0) is 10.0 Å². The van der Waals surface area contributed by atoms with E-state index in [1.165, 1.54) is 16.6 Å². The van der Waals surface area contributed by atoms with Crippen LogP contribution < -0.4 is 0 Å². The van der Waals surface area contributed by atoms with E-state index in [4.69, 9.17) is 0 Å². The first-order valence-electron chi connectivity index (χ1n) is 10.7. The van der Waals surface area contributed by atoms with E-state index >= 15 is 0 Å². The third-order valence-electron chi connectivity index (χ3n) is 5.93. The molecule has 0 amide bonds. The van der Waals surface area contributed by atoms with Gasteiger partial charge in [0.15, 0.2) is 6.19 Å². The highest BCUT2D eigenvalue weighted by molar-refractivity contribution is 7.89. The Balaban J connectivity index is 1.56. The Hall–Kier alpha value is -2.93. The van der Waals surface area contributed by atoms with Crippen molar-refractivity contribution in [3.63, 3.8) is 0 Å². The summed E-state index contributed by atoms with van der Waals surface area (Å²) >= 11 is 0. The number of aromatic nitrogens is 2. The summed E-state index contributed by atoms with van der Waals surface area (Å²) in [4.78, 5) is 6.77. The number of pyridine rings is 1. The number of hydrogen-bond acceptors (Lipinski definition) is 6. The molecule has 0 aliphatic carbocycles. The van der Waals surface area contributed by atoms with Crippen LogP contribution in [0.4, 0.5) is 0 Å². The maximum atomic E-state index is 13.1. The fourth-order valence-corrected chi connectivity index (χ4v) is 5.41. The first kappa shape index (κ1) is 22.3. The van der Waals surface area contributed by atoms with E-state index in [2.05, 4.69) is 23.7 Å². The molecule has 8 nitrogen and oxygen atoms in total. The molecule has 32 heavy (non-hydrogen) atoms. The van der Waals surface area contributed by atoms with Gasteiger partial charge >= 0.3 is 0 Å². The van der Waals surface area contributed by atoms with Crippen molar-refractivity contribution in [2.24, 2.45) is 5.92 Å². The molecule has 0 unspecified atom stereocenters. The number of nitrogens with zero attached hydrogens (tertiary/aromatic N) is 5. The topological polar surface area (TPSA) is 102 Å². The summed E-state index contributed by atoms with van der Waals surface area (Å²) in [5.41, 5.74) is 1.38. The van der Waals surface area contributed by atoms with Crippen molar-refractivity contribution in [1.29, 1.82) is 5.26 Å². The number of fused-ring (bicyclic) bond motifs is 1. The summed E-state index contributed by atoms with van der Waals surface area (Å²) in [5.74, 6) is 0.414. The van der Waals surface area contributed by atoms with Gasteiger partial charge in [-0.3, -0.25) is 4.98 Å². The molecule has 1 aromatic carbocycles. The lowest BCUT2D eigenvalue weighted by atomic mass is 10.1. The van der Waals surface area contributed by atoms with E-state index in [-0.39, 0.29) is 10.8 Å². The summed E-state index contributed by atoms with van der Waals surface area (Å²) < 4.78 is 28.9. The number of piperazine rings is 1. The Labute approximate surface area is 188 Å². The molecule has 0 radical (unpaired) electrons. The number of benzene rings is 1. The van der Waals surface area contributed by atoms with Crippen LogP contribution in [0.3, 0.4) is 0 Å². The Morgan fingerprint density at radius 1 is 1.12 bits per heavy atom. The molecule has 2 aromatic heterocycles. The van der Waals surface area contributed by atoms with Crippen LogP contribution in [0.25, 0.3) is 22.2 Å². The Kier molecular flexibility index (Phi) is 6.20. The molecule has 3 heterocycles. The number of rotatable bonds is 6. The SMILES string of the molecule is CC(C)CCN1CCN(S(=O)(=O)c2ccc(-c3c(O)n(C#N)c4ccccc34)nc2)CC1. The van der Waals surface area contributed by atoms with Crippen LogP contribution in [-0.4, -0.2) is 65.0 Å². The quantitative estimate of drug-likeness (QED) is 0.615. The molecule has 1 fully saturated rings. The maximum Gasteiger partial charge on any atom is 0.244 e. The van der Waals surface area contributed by atoms with Crippen LogP contribution in [0, 0.1) is 17.4 Å². The number of nitriles is 1. The predicted molar refractivity (Wildman–Crippen MR) is 122 cm³/mol. The van der Waals surface area contributed by atoms with Gasteiger partial charge in [-0.05, 0) is 37.1 Å². The molecule has 0 atom stereocenters. The second-order valence-corrected chi connectivity index (χ2v) is 10.4. The number of aromatic hydroxyl groups is 1. The lowest BCUT2D eigenvalue weighted by Gasteiger charge is -2.34. The Morgan fingerprint density at radius 3 is 2.47 bits per heavy atom. The van der Waals surface area contributed by atoms with Crippen LogP contribution in [0.1, 0.15) is 20.3 Å². The summed E-state index contributed by atoms with van der Waals surface area (Å²) in [6, 6.07) is 10.2. The first-order valence-corrected chi connectivity index (χ1v) is 12.2. The Morgan fingerprint density at radius 2 is 1.84 bits per heavy atom. The zero-order valence-corrected chi connectivity index (χ0v) is 19.1. The maximum absolute atomic E-state index is 13.1. The molecular formula is C23H27N5O3S. The van der Waals surface area contributed by atoms with Gasteiger partial charge in [0, 0.05) is 37.8 Å². The van der Waals surface area contributed by atoms with Gasteiger partial charge in [-0.1, -0.05) is 32.0 Å². The molecule has 1 saturated heterocycles. The summed E-state index contributed by atoms with van der Waals surface area (Å²) in [5, 5.41) is 20.6. The number of hydrogen-bond donors (Lipinski definition) is 1. The van der Waals surface area contributed by atoms with E-state index in [0.29, 0.717) is 41.2 Å². The molecule has 4 rings (SSSR count). The second kappa shape index (κ2) is 8.90. The highest BCUT2D eigenvalue weighted by atomic mass is 32.2. The lowest BCUT2D eigenvalue weighted by molar-refractivity contribution is 0.180. The van der Waals surface area contributed by atoms with Crippen molar-refractivity contribution in [3.05, 3.63) is 42.6 Å². The molecule has 168 valence electrons. The molecule has 0 spiro atoms. The fraction of sp³-hybridized carbons (Fsp3) is 0.391. The first-order chi connectivity index (χ1) is 15.3. The lowest BCUT2D eigenvalue weighted by Crippen LogP contribution is -2.48. The molecule has 0 saturated carbocycles. The normalized spacial score (nSPS) is 15.9. The number of para-hydroxylation sites is 1. The van der Waals surface area contributed by atoms with E-state index in [0.717, 1.165) is 30.6 Å². The van der Waals surface area contributed by atoms with Crippen LogP contribution in [0.2, 0.25) is 0 Å². The molecular weight excluding hydrogens is 426 g/mol. The van der Waals surface area contributed by atoms with Gasteiger partial charge in [-0.15, -0.1) is 0 Å². The van der Waals surface area contributed by atoms with Gasteiger partial charge in [0.1, 0.15) is 4.90 Å². The van der Waals surface area contributed by atoms with Gasteiger partial charge in [-0.2, -0.15) is 9.57 Å². The van der Waals surface area contributed by atoms with Crippen LogP contribution in [0.15, 0.2) is 47.5 Å². The zero-order valence-electron chi connectivity index (χ0n) is 18.3. The van der Waals surface area contributed by atoms with Crippen molar-refractivity contribution in [3.8, 4) is 23.3 Å². The monoisotopic (exact) mass is 453 g/mol. The van der Waals surface area contributed by atoms with Crippen LogP contribution in [0.5, 0.6) is 5.88 Å².